The van der Waals surface area contributed by atoms with Gasteiger partial charge in [-0.05, 0) is 30.3 Å². The second-order valence-electron chi connectivity index (χ2n) is 4.35. The number of halogens is 1. The van der Waals surface area contributed by atoms with Crippen molar-refractivity contribution >= 4 is 29.1 Å². The maximum absolute atomic E-state index is 5.87. The molecule has 6 heteroatoms. The van der Waals surface area contributed by atoms with Crippen molar-refractivity contribution in [2.75, 3.05) is 5.73 Å². The number of hydrogen-bond acceptors (Lipinski definition) is 5. The normalized spacial score (nSPS) is 10.7. The number of hydrogen-bond donors (Lipinski definition) is 1. The fourth-order valence-electron chi connectivity index (χ4n) is 1.78. The predicted molar refractivity (Wildman–Crippen MR) is 85.2 cm³/mol. The lowest BCUT2D eigenvalue weighted by atomic mass is 10.2. The van der Waals surface area contributed by atoms with Crippen LogP contribution in [0.4, 0.5) is 5.69 Å². The van der Waals surface area contributed by atoms with E-state index < -0.39 is 0 Å². The number of nitrogens with two attached hydrogens (primary N) is 1. The maximum atomic E-state index is 5.87. The minimum atomic E-state index is 0.588. The minimum Gasteiger partial charge on any atom is -0.444 e. The third-order valence-electron chi connectivity index (χ3n) is 2.83. The summed E-state index contributed by atoms with van der Waals surface area (Å²) in [6.45, 7) is 0. The molecule has 0 aliphatic carbocycles. The summed E-state index contributed by atoms with van der Waals surface area (Å²) in [6, 6.07) is 9.28. The summed E-state index contributed by atoms with van der Waals surface area (Å²) in [5.74, 6) is 1.27. The Bertz CT molecular complexity index is 743. The van der Waals surface area contributed by atoms with Crippen LogP contribution in [-0.4, -0.2) is 9.97 Å². The largest absolute Gasteiger partial charge is 0.444 e. The Morgan fingerprint density at radius 1 is 1.19 bits per heavy atom. The summed E-state index contributed by atoms with van der Waals surface area (Å²) in [4.78, 5) is 9.42. The van der Waals surface area contributed by atoms with Crippen molar-refractivity contribution in [3.8, 4) is 11.5 Å². The molecular weight excluding hydrogens is 306 g/mol. The number of aromatic nitrogens is 2. The van der Waals surface area contributed by atoms with Crippen LogP contribution < -0.4 is 5.73 Å². The molecule has 0 aliphatic heterocycles. The molecule has 3 aromatic rings. The van der Waals surface area contributed by atoms with Gasteiger partial charge in [-0.25, -0.2) is 4.98 Å². The van der Waals surface area contributed by atoms with Crippen molar-refractivity contribution < 1.29 is 4.42 Å². The SMILES string of the molecule is Nc1cnccc1SCc1coc(-c2ccc(Cl)cc2)n1. The van der Waals surface area contributed by atoms with Crippen LogP contribution in [0.5, 0.6) is 0 Å². The fraction of sp³-hybridized carbons (Fsp3) is 0.0667. The summed E-state index contributed by atoms with van der Waals surface area (Å²) < 4.78 is 5.50. The molecule has 4 nitrogen and oxygen atoms in total. The van der Waals surface area contributed by atoms with Crippen LogP contribution in [0.2, 0.25) is 5.02 Å². The van der Waals surface area contributed by atoms with E-state index in [2.05, 4.69) is 9.97 Å². The van der Waals surface area contributed by atoms with Gasteiger partial charge in [0, 0.05) is 27.4 Å². The van der Waals surface area contributed by atoms with Crippen LogP contribution in [0, 0.1) is 0 Å². The van der Waals surface area contributed by atoms with E-state index in [0.29, 0.717) is 22.4 Å². The average Bonchev–Trinajstić information content (AvgIpc) is 2.96. The molecule has 0 radical (unpaired) electrons. The Hall–Kier alpha value is -1.98. The molecule has 0 saturated carbocycles. The zero-order valence-corrected chi connectivity index (χ0v) is 12.6. The Morgan fingerprint density at radius 2 is 2.00 bits per heavy atom. The van der Waals surface area contributed by atoms with Gasteiger partial charge in [-0.2, -0.15) is 0 Å². The first-order valence-corrected chi connectivity index (χ1v) is 7.61. The Kier molecular flexibility index (Phi) is 4.13. The fourth-order valence-corrected chi connectivity index (χ4v) is 2.71. The minimum absolute atomic E-state index is 0.588. The smallest absolute Gasteiger partial charge is 0.226 e. The van der Waals surface area contributed by atoms with Gasteiger partial charge in [-0.1, -0.05) is 11.6 Å². The molecular formula is C15H12ClN3OS. The Labute approximate surface area is 131 Å². The Balaban J connectivity index is 1.71. The quantitative estimate of drug-likeness (QED) is 0.728. The van der Waals surface area contributed by atoms with E-state index in [4.69, 9.17) is 21.8 Å². The van der Waals surface area contributed by atoms with E-state index in [1.807, 2.05) is 30.3 Å². The van der Waals surface area contributed by atoms with E-state index in [9.17, 15) is 0 Å². The highest BCUT2D eigenvalue weighted by atomic mass is 35.5. The third-order valence-corrected chi connectivity index (χ3v) is 4.20. The summed E-state index contributed by atoms with van der Waals surface area (Å²) in [6.07, 6.45) is 5.03. The van der Waals surface area contributed by atoms with Gasteiger partial charge in [0.25, 0.3) is 0 Å². The molecule has 3 rings (SSSR count). The van der Waals surface area contributed by atoms with Gasteiger partial charge in [0.2, 0.25) is 5.89 Å². The van der Waals surface area contributed by atoms with Crippen LogP contribution in [0.25, 0.3) is 11.5 Å². The van der Waals surface area contributed by atoms with E-state index in [0.717, 1.165) is 16.2 Å². The molecule has 2 aromatic heterocycles. The van der Waals surface area contributed by atoms with Crippen molar-refractivity contribution in [3.63, 3.8) is 0 Å². The molecule has 106 valence electrons. The van der Waals surface area contributed by atoms with Crippen LogP contribution in [0.3, 0.4) is 0 Å². The first kappa shape index (κ1) is 14.0. The number of benzene rings is 1. The molecule has 21 heavy (non-hydrogen) atoms. The maximum Gasteiger partial charge on any atom is 0.226 e. The molecule has 2 heterocycles. The number of pyridine rings is 1. The van der Waals surface area contributed by atoms with E-state index in [1.165, 1.54) is 0 Å². The molecule has 0 atom stereocenters. The second-order valence-corrected chi connectivity index (χ2v) is 5.81. The predicted octanol–water partition coefficient (Wildman–Crippen LogP) is 4.26. The van der Waals surface area contributed by atoms with Gasteiger partial charge < -0.3 is 10.2 Å². The van der Waals surface area contributed by atoms with E-state index >= 15 is 0 Å². The lowest BCUT2D eigenvalue weighted by Gasteiger charge is -2.01. The second kappa shape index (κ2) is 6.20. The zero-order chi connectivity index (χ0) is 14.7. The summed E-state index contributed by atoms with van der Waals surface area (Å²) in [5, 5.41) is 0.689. The molecule has 2 N–H and O–H groups in total. The number of anilines is 1. The van der Waals surface area contributed by atoms with Crippen LogP contribution in [0.15, 0.2) is 58.3 Å². The van der Waals surface area contributed by atoms with E-state index in [1.54, 1.807) is 30.4 Å². The number of nitrogens with zero attached hydrogens (tertiary/aromatic N) is 2. The van der Waals surface area contributed by atoms with Crippen LogP contribution in [0.1, 0.15) is 5.69 Å². The third kappa shape index (κ3) is 3.37. The lowest BCUT2D eigenvalue weighted by Crippen LogP contribution is -1.90. The molecule has 0 fully saturated rings. The van der Waals surface area contributed by atoms with Crippen LogP contribution in [-0.2, 0) is 5.75 Å². The van der Waals surface area contributed by atoms with Crippen molar-refractivity contribution in [2.24, 2.45) is 0 Å². The summed E-state index contributed by atoms with van der Waals surface area (Å²) in [7, 11) is 0. The summed E-state index contributed by atoms with van der Waals surface area (Å²) in [5.41, 5.74) is 8.29. The van der Waals surface area contributed by atoms with E-state index in [-0.39, 0.29) is 0 Å². The first-order valence-electron chi connectivity index (χ1n) is 6.25. The number of thioether (sulfide) groups is 1. The van der Waals surface area contributed by atoms with Crippen molar-refractivity contribution in [1.82, 2.24) is 9.97 Å². The number of rotatable bonds is 4. The molecule has 0 aliphatic rings. The van der Waals surface area contributed by atoms with Gasteiger partial charge in [0.1, 0.15) is 6.26 Å². The van der Waals surface area contributed by atoms with Gasteiger partial charge in [0.05, 0.1) is 17.6 Å². The van der Waals surface area contributed by atoms with Crippen molar-refractivity contribution in [2.45, 2.75) is 10.6 Å². The van der Waals surface area contributed by atoms with Crippen molar-refractivity contribution in [3.05, 3.63) is 59.7 Å². The number of nitrogen functional groups attached to an aromatic ring is 1. The zero-order valence-electron chi connectivity index (χ0n) is 11.0. The van der Waals surface area contributed by atoms with Crippen LogP contribution >= 0.6 is 23.4 Å². The van der Waals surface area contributed by atoms with Gasteiger partial charge >= 0.3 is 0 Å². The van der Waals surface area contributed by atoms with Crippen molar-refractivity contribution in [1.29, 1.82) is 0 Å². The standard InChI is InChI=1S/C15H12ClN3OS/c16-11-3-1-10(2-4-11)15-19-12(8-20-15)9-21-14-5-6-18-7-13(14)17/h1-8H,9,17H2. The highest BCUT2D eigenvalue weighted by Gasteiger charge is 2.08. The summed E-state index contributed by atoms with van der Waals surface area (Å²) >= 11 is 7.47. The van der Waals surface area contributed by atoms with Gasteiger partial charge in [0.15, 0.2) is 0 Å². The molecule has 0 unspecified atom stereocenters. The highest BCUT2D eigenvalue weighted by molar-refractivity contribution is 7.98. The monoisotopic (exact) mass is 317 g/mol. The topological polar surface area (TPSA) is 64.9 Å². The number of oxazole rings is 1. The molecule has 0 spiro atoms. The molecule has 0 amide bonds. The first-order chi connectivity index (χ1) is 10.2. The highest BCUT2D eigenvalue weighted by Crippen LogP contribution is 2.28. The average molecular weight is 318 g/mol. The molecule has 0 bridgehead atoms. The van der Waals surface area contributed by atoms with Gasteiger partial charge in [-0.15, -0.1) is 11.8 Å². The van der Waals surface area contributed by atoms with Gasteiger partial charge in [-0.3, -0.25) is 4.98 Å². The Morgan fingerprint density at radius 3 is 2.76 bits per heavy atom. The lowest BCUT2D eigenvalue weighted by molar-refractivity contribution is 0.573. The molecule has 0 saturated heterocycles. The molecule has 1 aromatic carbocycles.